The number of Topliss-reactive ketones (excluding diaryl/α,β-unsaturated/α-hetero) is 1. The van der Waals surface area contributed by atoms with Gasteiger partial charge in [-0.3, -0.25) is 9.59 Å². The van der Waals surface area contributed by atoms with Crippen molar-refractivity contribution in [3.8, 4) is 0 Å². The Bertz CT molecular complexity index is 223. The highest BCUT2D eigenvalue weighted by atomic mass is 16.2. The zero-order valence-electron chi connectivity index (χ0n) is 8.54. The summed E-state index contributed by atoms with van der Waals surface area (Å²) < 4.78 is 0. The lowest BCUT2D eigenvalue weighted by Crippen LogP contribution is -2.29. The first-order chi connectivity index (χ1) is 6.00. The molecular formula is C10H17NO2. The summed E-state index contributed by atoms with van der Waals surface area (Å²) in [5.74, 6) is 0.703. The molecule has 0 radical (unpaired) electrons. The Kier molecular flexibility index (Phi) is 3.07. The molecule has 0 aromatic carbocycles. The lowest BCUT2D eigenvalue weighted by Gasteiger charge is -2.18. The van der Waals surface area contributed by atoms with Crippen LogP contribution in [0.2, 0.25) is 0 Å². The molecule has 1 fully saturated rings. The van der Waals surface area contributed by atoms with Gasteiger partial charge in [-0.05, 0) is 12.8 Å². The molecule has 1 amide bonds. The van der Waals surface area contributed by atoms with Crippen molar-refractivity contribution in [2.45, 2.75) is 27.2 Å². The Morgan fingerprint density at radius 1 is 1.62 bits per heavy atom. The first-order valence-electron chi connectivity index (χ1n) is 4.79. The van der Waals surface area contributed by atoms with Gasteiger partial charge in [0.15, 0.2) is 0 Å². The zero-order chi connectivity index (χ0) is 10.0. The third-order valence-electron chi connectivity index (χ3n) is 2.37. The molecule has 0 aromatic rings. The quantitative estimate of drug-likeness (QED) is 0.656. The number of hydrogen-bond acceptors (Lipinski definition) is 2. The topological polar surface area (TPSA) is 37.4 Å². The van der Waals surface area contributed by atoms with Gasteiger partial charge in [0.2, 0.25) is 5.91 Å². The molecule has 1 rings (SSSR count). The number of ketones is 1. The molecule has 0 saturated carbocycles. The fourth-order valence-corrected chi connectivity index (χ4v) is 1.66. The summed E-state index contributed by atoms with van der Waals surface area (Å²) >= 11 is 0. The molecule has 0 aromatic heterocycles. The molecular weight excluding hydrogens is 166 g/mol. The van der Waals surface area contributed by atoms with Crippen molar-refractivity contribution in [1.82, 2.24) is 4.90 Å². The normalized spacial score (nSPS) is 22.9. The fourth-order valence-electron chi connectivity index (χ4n) is 1.66. The molecule has 13 heavy (non-hydrogen) atoms. The van der Waals surface area contributed by atoms with Crippen LogP contribution < -0.4 is 0 Å². The molecule has 1 atom stereocenters. The van der Waals surface area contributed by atoms with Crippen molar-refractivity contribution in [2.75, 3.05) is 13.1 Å². The van der Waals surface area contributed by atoms with Gasteiger partial charge in [0.25, 0.3) is 0 Å². The molecule has 0 N–H and O–H groups in total. The second-order valence-electron chi connectivity index (χ2n) is 4.20. The molecule has 1 aliphatic rings. The highest BCUT2D eigenvalue weighted by Crippen LogP contribution is 2.19. The van der Waals surface area contributed by atoms with Gasteiger partial charge in [-0.25, -0.2) is 0 Å². The van der Waals surface area contributed by atoms with E-state index < -0.39 is 0 Å². The summed E-state index contributed by atoms with van der Waals surface area (Å²) in [5, 5.41) is 0. The number of amides is 1. The largest absolute Gasteiger partial charge is 0.342 e. The van der Waals surface area contributed by atoms with E-state index in [2.05, 4.69) is 13.8 Å². The van der Waals surface area contributed by atoms with Gasteiger partial charge < -0.3 is 4.90 Å². The number of likely N-dealkylation sites (tertiary alicyclic amines) is 1. The van der Waals surface area contributed by atoms with E-state index in [4.69, 9.17) is 0 Å². The maximum absolute atomic E-state index is 11.4. The number of carbonyl (C=O) groups is 2. The smallest absolute Gasteiger partial charge is 0.223 e. The van der Waals surface area contributed by atoms with E-state index in [-0.39, 0.29) is 17.6 Å². The minimum Gasteiger partial charge on any atom is -0.342 e. The van der Waals surface area contributed by atoms with Crippen molar-refractivity contribution in [3.05, 3.63) is 0 Å². The van der Waals surface area contributed by atoms with Crippen molar-refractivity contribution >= 4 is 11.7 Å². The van der Waals surface area contributed by atoms with E-state index in [0.717, 1.165) is 6.54 Å². The van der Waals surface area contributed by atoms with E-state index >= 15 is 0 Å². The summed E-state index contributed by atoms with van der Waals surface area (Å²) in [4.78, 5) is 24.2. The average molecular weight is 183 g/mol. The number of carbonyl (C=O) groups excluding carboxylic acids is 2. The summed E-state index contributed by atoms with van der Waals surface area (Å²) in [6, 6.07) is 0. The van der Waals surface area contributed by atoms with Crippen molar-refractivity contribution in [3.63, 3.8) is 0 Å². The molecule has 0 aliphatic carbocycles. The second kappa shape index (κ2) is 3.90. The molecule has 3 heteroatoms. The summed E-state index contributed by atoms with van der Waals surface area (Å²) in [6.07, 6.45) is 0.419. The lowest BCUT2D eigenvalue weighted by molar-refractivity contribution is -0.128. The van der Waals surface area contributed by atoms with Crippen molar-refractivity contribution < 1.29 is 9.59 Å². The SMILES string of the molecule is CC(=O)[C@H]1CC(=O)N(CC(C)C)C1. The third-order valence-corrected chi connectivity index (χ3v) is 2.37. The van der Waals surface area contributed by atoms with Gasteiger partial charge in [-0.15, -0.1) is 0 Å². The Labute approximate surface area is 79.1 Å². The fraction of sp³-hybridized carbons (Fsp3) is 0.800. The van der Waals surface area contributed by atoms with Crippen LogP contribution in [-0.4, -0.2) is 29.7 Å². The van der Waals surface area contributed by atoms with Gasteiger partial charge >= 0.3 is 0 Å². The zero-order valence-corrected chi connectivity index (χ0v) is 8.54. The van der Waals surface area contributed by atoms with Crippen LogP contribution >= 0.6 is 0 Å². The Morgan fingerprint density at radius 2 is 2.23 bits per heavy atom. The Hall–Kier alpha value is -0.860. The van der Waals surface area contributed by atoms with E-state index in [0.29, 0.717) is 18.9 Å². The minimum absolute atomic E-state index is 0.0498. The average Bonchev–Trinajstić information content (AvgIpc) is 2.31. The molecule has 1 aliphatic heterocycles. The van der Waals surface area contributed by atoms with Crippen LogP contribution in [0, 0.1) is 11.8 Å². The van der Waals surface area contributed by atoms with Crippen molar-refractivity contribution in [1.29, 1.82) is 0 Å². The van der Waals surface area contributed by atoms with Crippen LogP contribution in [0.15, 0.2) is 0 Å². The third kappa shape index (κ3) is 2.54. The maximum atomic E-state index is 11.4. The molecule has 0 unspecified atom stereocenters. The highest BCUT2D eigenvalue weighted by Gasteiger charge is 2.32. The molecule has 1 heterocycles. The van der Waals surface area contributed by atoms with Gasteiger partial charge in [0.1, 0.15) is 5.78 Å². The van der Waals surface area contributed by atoms with E-state index in [1.54, 1.807) is 11.8 Å². The highest BCUT2D eigenvalue weighted by molar-refractivity contribution is 5.89. The maximum Gasteiger partial charge on any atom is 0.223 e. The molecule has 1 saturated heterocycles. The first kappa shape index (κ1) is 10.2. The van der Waals surface area contributed by atoms with E-state index in [1.807, 2.05) is 0 Å². The number of nitrogens with zero attached hydrogens (tertiary/aromatic N) is 1. The van der Waals surface area contributed by atoms with Gasteiger partial charge in [0, 0.05) is 25.4 Å². The van der Waals surface area contributed by atoms with Gasteiger partial charge in [0.05, 0.1) is 0 Å². The van der Waals surface area contributed by atoms with Crippen LogP contribution in [0.25, 0.3) is 0 Å². The van der Waals surface area contributed by atoms with Crippen LogP contribution in [-0.2, 0) is 9.59 Å². The molecule has 0 bridgehead atoms. The first-order valence-corrected chi connectivity index (χ1v) is 4.79. The van der Waals surface area contributed by atoms with Crippen LogP contribution in [0.3, 0.4) is 0 Å². The molecule has 0 spiro atoms. The summed E-state index contributed by atoms with van der Waals surface area (Å²) in [5.41, 5.74) is 0. The second-order valence-corrected chi connectivity index (χ2v) is 4.20. The van der Waals surface area contributed by atoms with Crippen LogP contribution in [0.5, 0.6) is 0 Å². The van der Waals surface area contributed by atoms with Gasteiger partial charge in [-0.2, -0.15) is 0 Å². The minimum atomic E-state index is -0.0498. The van der Waals surface area contributed by atoms with Gasteiger partial charge in [-0.1, -0.05) is 13.8 Å². The van der Waals surface area contributed by atoms with Crippen molar-refractivity contribution in [2.24, 2.45) is 11.8 Å². The van der Waals surface area contributed by atoms with Crippen LogP contribution in [0.1, 0.15) is 27.2 Å². The predicted molar refractivity (Wildman–Crippen MR) is 50.2 cm³/mol. The standard InChI is InChI=1S/C10H17NO2/c1-7(2)5-11-6-9(8(3)12)4-10(11)13/h7,9H,4-6H2,1-3H3/t9-/m0/s1. The number of rotatable bonds is 3. The summed E-state index contributed by atoms with van der Waals surface area (Å²) in [6.45, 7) is 7.13. The molecule has 3 nitrogen and oxygen atoms in total. The Morgan fingerprint density at radius 3 is 2.62 bits per heavy atom. The van der Waals surface area contributed by atoms with E-state index in [1.165, 1.54) is 0 Å². The van der Waals surface area contributed by atoms with E-state index in [9.17, 15) is 9.59 Å². The summed E-state index contributed by atoms with van der Waals surface area (Å²) in [7, 11) is 0. The lowest BCUT2D eigenvalue weighted by atomic mass is 10.1. The number of hydrogen-bond donors (Lipinski definition) is 0. The molecule has 74 valence electrons. The van der Waals surface area contributed by atoms with Crippen LogP contribution in [0.4, 0.5) is 0 Å². The Balaban J connectivity index is 2.51. The predicted octanol–water partition coefficient (Wildman–Crippen LogP) is 1.08. The monoisotopic (exact) mass is 183 g/mol.